The molecule has 0 saturated heterocycles. The highest BCUT2D eigenvalue weighted by Crippen LogP contribution is 2.57. The average Bonchev–Trinajstić information content (AvgIpc) is 2.62. The van der Waals surface area contributed by atoms with Gasteiger partial charge in [0.2, 0.25) is 8.32 Å². The van der Waals surface area contributed by atoms with E-state index in [1.807, 2.05) is 0 Å². The second kappa shape index (κ2) is 8.33. The lowest BCUT2D eigenvalue weighted by molar-refractivity contribution is 0.250. The van der Waals surface area contributed by atoms with Crippen molar-refractivity contribution < 1.29 is 4.43 Å². The van der Waals surface area contributed by atoms with Crippen molar-refractivity contribution in [1.82, 2.24) is 0 Å². The van der Waals surface area contributed by atoms with Crippen molar-refractivity contribution >= 4 is 8.32 Å². The molecule has 0 atom stereocenters. The molecule has 3 saturated carbocycles. The van der Waals surface area contributed by atoms with E-state index >= 15 is 0 Å². The van der Waals surface area contributed by atoms with Crippen molar-refractivity contribution in [2.24, 2.45) is 0 Å². The monoisotopic (exact) mass is 322 g/mol. The van der Waals surface area contributed by atoms with Crippen molar-refractivity contribution in [3.05, 3.63) is 0 Å². The highest BCUT2D eigenvalue weighted by atomic mass is 28.4. The van der Waals surface area contributed by atoms with Crippen LogP contribution in [0, 0.1) is 0 Å². The van der Waals surface area contributed by atoms with E-state index in [0.717, 1.165) is 23.2 Å². The molecule has 2 heteroatoms. The smallest absolute Gasteiger partial charge is 0.201 e. The second-order valence-electron chi connectivity index (χ2n) is 8.29. The van der Waals surface area contributed by atoms with Gasteiger partial charge < -0.3 is 4.43 Å². The van der Waals surface area contributed by atoms with E-state index in [1.165, 1.54) is 96.3 Å². The zero-order valence-electron chi connectivity index (χ0n) is 15.0. The van der Waals surface area contributed by atoms with Crippen LogP contribution in [0.3, 0.4) is 0 Å². The summed E-state index contributed by atoms with van der Waals surface area (Å²) in [7, 11) is -1.59. The van der Waals surface area contributed by atoms with Gasteiger partial charge in [-0.15, -0.1) is 0 Å². The fourth-order valence-electron chi connectivity index (χ4n) is 6.26. The van der Waals surface area contributed by atoms with Crippen molar-refractivity contribution in [2.45, 2.75) is 120 Å². The first-order valence-electron chi connectivity index (χ1n) is 10.5. The van der Waals surface area contributed by atoms with Crippen molar-refractivity contribution in [3.8, 4) is 0 Å². The zero-order chi connectivity index (χ0) is 15.3. The Morgan fingerprint density at radius 2 is 0.909 bits per heavy atom. The van der Waals surface area contributed by atoms with Crippen LogP contribution in [0.5, 0.6) is 0 Å². The first-order chi connectivity index (χ1) is 10.9. The van der Waals surface area contributed by atoms with Crippen LogP contribution in [0.4, 0.5) is 0 Å². The van der Waals surface area contributed by atoms with Crippen molar-refractivity contribution in [3.63, 3.8) is 0 Å². The average molecular weight is 323 g/mol. The summed E-state index contributed by atoms with van der Waals surface area (Å²) in [6.45, 7) is 3.28. The van der Waals surface area contributed by atoms with Gasteiger partial charge in [0.1, 0.15) is 0 Å². The maximum atomic E-state index is 6.99. The molecule has 0 aromatic carbocycles. The van der Waals surface area contributed by atoms with Gasteiger partial charge in [-0.05, 0) is 23.5 Å². The van der Waals surface area contributed by atoms with E-state index in [4.69, 9.17) is 4.43 Å². The Morgan fingerprint density at radius 1 is 0.591 bits per heavy atom. The minimum atomic E-state index is -1.59. The predicted molar refractivity (Wildman–Crippen MR) is 97.9 cm³/mol. The molecule has 0 unspecified atom stereocenters. The molecular weight excluding hydrogens is 284 g/mol. The molecule has 0 amide bonds. The molecule has 3 rings (SSSR count). The third kappa shape index (κ3) is 3.48. The number of rotatable bonds is 5. The van der Waals surface area contributed by atoms with Gasteiger partial charge in [0.15, 0.2) is 0 Å². The molecule has 3 aliphatic carbocycles. The van der Waals surface area contributed by atoms with Gasteiger partial charge in [-0.2, -0.15) is 0 Å². The molecule has 3 aliphatic rings. The molecule has 0 aromatic rings. The number of hydrogen-bond acceptors (Lipinski definition) is 1. The van der Waals surface area contributed by atoms with Gasteiger partial charge in [-0.3, -0.25) is 0 Å². The van der Waals surface area contributed by atoms with E-state index in [2.05, 4.69) is 6.92 Å². The van der Waals surface area contributed by atoms with Gasteiger partial charge >= 0.3 is 0 Å². The second-order valence-corrected chi connectivity index (χ2v) is 12.7. The molecule has 0 bridgehead atoms. The molecule has 0 N–H and O–H groups in total. The molecular formula is C20H38OSi. The molecule has 1 nitrogen and oxygen atoms in total. The SMILES string of the molecule is CCO[Si](C1CCCCC1)(C1CCCCC1)C1CCCCC1. The van der Waals surface area contributed by atoms with Crippen LogP contribution < -0.4 is 0 Å². The summed E-state index contributed by atoms with van der Waals surface area (Å²) in [4.78, 5) is 0. The summed E-state index contributed by atoms with van der Waals surface area (Å²) < 4.78 is 6.99. The van der Waals surface area contributed by atoms with Gasteiger partial charge in [-0.1, -0.05) is 96.3 Å². The first kappa shape index (κ1) is 17.0. The fourth-order valence-corrected chi connectivity index (χ4v) is 13.4. The van der Waals surface area contributed by atoms with Crippen LogP contribution in [-0.2, 0) is 4.43 Å². The molecule has 3 fully saturated rings. The van der Waals surface area contributed by atoms with Gasteiger partial charge in [-0.25, -0.2) is 0 Å². The molecule has 22 heavy (non-hydrogen) atoms. The van der Waals surface area contributed by atoms with Crippen LogP contribution in [-0.4, -0.2) is 14.9 Å². The Hall–Kier alpha value is 0.177. The molecule has 0 aromatic heterocycles. The summed E-state index contributed by atoms with van der Waals surface area (Å²) >= 11 is 0. The van der Waals surface area contributed by atoms with Gasteiger partial charge in [0.25, 0.3) is 0 Å². The third-order valence-electron chi connectivity index (χ3n) is 7.12. The van der Waals surface area contributed by atoms with E-state index in [1.54, 1.807) is 0 Å². The highest BCUT2D eigenvalue weighted by Gasteiger charge is 2.54. The molecule has 0 heterocycles. The summed E-state index contributed by atoms with van der Waals surface area (Å²) in [6.07, 6.45) is 22.5. The molecule has 0 radical (unpaired) electrons. The largest absolute Gasteiger partial charge is 0.416 e. The van der Waals surface area contributed by atoms with E-state index in [9.17, 15) is 0 Å². The van der Waals surface area contributed by atoms with Gasteiger partial charge in [0, 0.05) is 6.61 Å². The summed E-state index contributed by atoms with van der Waals surface area (Å²) in [5.41, 5.74) is 3.02. The molecule has 128 valence electrons. The lowest BCUT2D eigenvalue weighted by Crippen LogP contribution is -2.53. The maximum absolute atomic E-state index is 6.99. The Labute approximate surface area is 139 Å². The van der Waals surface area contributed by atoms with Crippen LogP contribution in [0.2, 0.25) is 16.6 Å². The summed E-state index contributed by atoms with van der Waals surface area (Å²) in [6, 6.07) is 0. The zero-order valence-corrected chi connectivity index (χ0v) is 16.0. The lowest BCUT2D eigenvalue weighted by Gasteiger charge is -2.52. The highest BCUT2D eigenvalue weighted by molar-refractivity contribution is 6.78. The quantitative estimate of drug-likeness (QED) is 0.496. The minimum absolute atomic E-state index is 0.996. The molecule has 0 aliphatic heterocycles. The first-order valence-corrected chi connectivity index (χ1v) is 12.7. The number of hydrogen-bond donors (Lipinski definition) is 0. The van der Waals surface area contributed by atoms with E-state index in [-0.39, 0.29) is 0 Å². The standard InChI is InChI=1S/C20H38OSi/c1-2-21-22(18-12-6-3-7-13-18,19-14-8-4-9-15-19)20-16-10-5-11-17-20/h18-20H,2-17H2,1H3. The maximum Gasteiger partial charge on any atom is 0.201 e. The summed E-state index contributed by atoms with van der Waals surface area (Å²) in [5, 5.41) is 0. The normalized spacial score (nSPS) is 27.1. The van der Waals surface area contributed by atoms with E-state index in [0.29, 0.717) is 0 Å². The van der Waals surface area contributed by atoms with Crippen molar-refractivity contribution in [2.75, 3.05) is 6.61 Å². The van der Waals surface area contributed by atoms with Crippen LogP contribution in [0.25, 0.3) is 0 Å². The third-order valence-corrected chi connectivity index (χ3v) is 13.5. The topological polar surface area (TPSA) is 9.23 Å². The van der Waals surface area contributed by atoms with Crippen LogP contribution >= 0.6 is 0 Å². The minimum Gasteiger partial charge on any atom is -0.416 e. The molecule has 0 spiro atoms. The Kier molecular flexibility index (Phi) is 6.44. The van der Waals surface area contributed by atoms with Crippen LogP contribution in [0.1, 0.15) is 103 Å². The van der Waals surface area contributed by atoms with Crippen molar-refractivity contribution in [1.29, 1.82) is 0 Å². The predicted octanol–water partition coefficient (Wildman–Crippen LogP) is 6.97. The summed E-state index contributed by atoms with van der Waals surface area (Å²) in [5.74, 6) is 0. The van der Waals surface area contributed by atoms with Gasteiger partial charge in [0.05, 0.1) is 0 Å². The van der Waals surface area contributed by atoms with Crippen LogP contribution in [0.15, 0.2) is 0 Å². The Balaban J connectivity index is 1.88. The Bertz CT molecular complexity index is 266. The fraction of sp³-hybridized carbons (Fsp3) is 1.00. The van der Waals surface area contributed by atoms with E-state index < -0.39 is 8.32 Å². The lowest BCUT2D eigenvalue weighted by atomic mass is 9.98. The Morgan fingerprint density at radius 3 is 1.18 bits per heavy atom.